The van der Waals surface area contributed by atoms with Crippen LogP contribution >= 0.6 is 0 Å². The molecule has 0 amide bonds. The Bertz CT molecular complexity index is 560. The van der Waals surface area contributed by atoms with Crippen LogP contribution < -0.4 is 4.90 Å². The van der Waals surface area contributed by atoms with E-state index >= 15 is 0 Å². The van der Waals surface area contributed by atoms with Crippen LogP contribution in [0.25, 0.3) is 10.9 Å². The van der Waals surface area contributed by atoms with E-state index in [1.54, 1.807) is 0 Å². The van der Waals surface area contributed by atoms with Gasteiger partial charge in [0.2, 0.25) is 0 Å². The van der Waals surface area contributed by atoms with Gasteiger partial charge in [0.15, 0.2) is 0 Å². The number of aryl methyl sites for hydroxylation is 2. The van der Waals surface area contributed by atoms with E-state index in [9.17, 15) is 0 Å². The Balaban J connectivity index is 2.57. The number of rotatable bonds is 5. The van der Waals surface area contributed by atoms with Gasteiger partial charge in [-0.1, -0.05) is 38.5 Å². The number of fused-ring (bicyclic) bond motifs is 1. The Morgan fingerprint density at radius 3 is 2.63 bits per heavy atom. The standard InChI is InChI=1S/C17H24N2/c1-5-8-15-12-14-10-7-9-13(3)16(14)18-17(15)19(4)11-6-2/h7,9-10,12H,5-6,8,11H2,1-4H3. The first-order valence-electron chi connectivity index (χ1n) is 7.27. The quantitative estimate of drug-likeness (QED) is 0.791. The fourth-order valence-electron chi connectivity index (χ4n) is 2.61. The molecule has 0 atom stereocenters. The van der Waals surface area contributed by atoms with Crippen molar-refractivity contribution in [1.29, 1.82) is 0 Å². The highest BCUT2D eigenvalue weighted by Gasteiger charge is 2.11. The van der Waals surface area contributed by atoms with Crippen molar-refractivity contribution in [1.82, 2.24) is 4.98 Å². The molecule has 0 bridgehead atoms. The number of benzene rings is 1. The van der Waals surface area contributed by atoms with Gasteiger partial charge in [-0.25, -0.2) is 4.98 Å². The van der Waals surface area contributed by atoms with Crippen molar-refractivity contribution in [3.8, 4) is 0 Å². The summed E-state index contributed by atoms with van der Waals surface area (Å²) >= 11 is 0. The third-order valence-electron chi connectivity index (χ3n) is 3.54. The van der Waals surface area contributed by atoms with Crippen molar-refractivity contribution in [3.05, 3.63) is 35.4 Å². The summed E-state index contributed by atoms with van der Waals surface area (Å²) in [5.74, 6) is 1.16. The normalized spacial score (nSPS) is 10.9. The molecule has 0 aliphatic carbocycles. The van der Waals surface area contributed by atoms with E-state index in [4.69, 9.17) is 4.98 Å². The molecule has 0 unspecified atom stereocenters. The summed E-state index contributed by atoms with van der Waals surface area (Å²) in [5, 5.41) is 1.26. The predicted molar refractivity (Wildman–Crippen MR) is 84.0 cm³/mol. The molecule has 2 rings (SSSR count). The molecule has 19 heavy (non-hydrogen) atoms. The first kappa shape index (κ1) is 13.9. The number of anilines is 1. The maximum absolute atomic E-state index is 4.94. The Kier molecular flexibility index (Phi) is 4.41. The minimum atomic E-state index is 1.06. The summed E-state index contributed by atoms with van der Waals surface area (Å²) < 4.78 is 0. The zero-order chi connectivity index (χ0) is 13.8. The number of aromatic nitrogens is 1. The second-order valence-electron chi connectivity index (χ2n) is 5.29. The van der Waals surface area contributed by atoms with Crippen molar-refractivity contribution >= 4 is 16.7 Å². The third-order valence-corrected chi connectivity index (χ3v) is 3.54. The SMILES string of the molecule is CCCc1cc2cccc(C)c2nc1N(C)CCC. The molecule has 2 aromatic rings. The van der Waals surface area contributed by atoms with Gasteiger partial charge in [0.25, 0.3) is 0 Å². The van der Waals surface area contributed by atoms with Crippen LogP contribution in [0.2, 0.25) is 0 Å². The lowest BCUT2D eigenvalue weighted by molar-refractivity contribution is 0.821. The lowest BCUT2D eigenvalue weighted by Crippen LogP contribution is -2.21. The number of para-hydroxylation sites is 1. The highest BCUT2D eigenvalue weighted by atomic mass is 15.2. The highest BCUT2D eigenvalue weighted by molar-refractivity contribution is 5.84. The van der Waals surface area contributed by atoms with Gasteiger partial charge in [-0.2, -0.15) is 0 Å². The van der Waals surface area contributed by atoms with E-state index in [0.717, 1.165) is 37.1 Å². The summed E-state index contributed by atoms with van der Waals surface area (Å²) in [6, 6.07) is 8.74. The molecule has 0 saturated carbocycles. The monoisotopic (exact) mass is 256 g/mol. The Morgan fingerprint density at radius 2 is 1.95 bits per heavy atom. The Morgan fingerprint density at radius 1 is 1.16 bits per heavy atom. The van der Waals surface area contributed by atoms with Gasteiger partial charge in [-0.15, -0.1) is 0 Å². The van der Waals surface area contributed by atoms with Gasteiger partial charge in [0.05, 0.1) is 5.52 Å². The second-order valence-corrected chi connectivity index (χ2v) is 5.29. The summed E-state index contributed by atoms with van der Waals surface area (Å²) in [4.78, 5) is 7.23. The fourth-order valence-corrected chi connectivity index (χ4v) is 2.61. The van der Waals surface area contributed by atoms with Crippen molar-refractivity contribution in [3.63, 3.8) is 0 Å². The summed E-state index contributed by atoms with van der Waals surface area (Å²) in [6.45, 7) is 7.63. The van der Waals surface area contributed by atoms with Gasteiger partial charge in [0, 0.05) is 19.0 Å². The second kappa shape index (κ2) is 6.05. The molecule has 2 heteroatoms. The van der Waals surface area contributed by atoms with Gasteiger partial charge < -0.3 is 4.90 Å². The van der Waals surface area contributed by atoms with Gasteiger partial charge in [-0.05, 0) is 37.0 Å². The molecule has 0 saturated heterocycles. The Labute approximate surface area is 116 Å². The van der Waals surface area contributed by atoms with Crippen LogP contribution in [-0.2, 0) is 6.42 Å². The Hall–Kier alpha value is -1.57. The molecule has 0 N–H and O–H groups in total. The molecule has 0 aliphatic rings. The van der Waals surface area contributed by atoms with E-state index in [2.05, 4.69) is 57.0 Å². The summed E-state index contributed by atoms with van der Waals surface area (Å²) in [6.07, 6.45) is 3.40. The lowest BCUT2D eigenvalue weighted by atomic mass is 10.0. The summed E-state index contributed by atoms with van der Waals surface area (Å²) in [5.41, 5.74) is 3.77. The maximum Gasteiger partial charge on any atom is 0.132 e. The highest BCUT2D eigenvalue weighted by Crippen LogP contribution is 2.26. The van der Waals surface area contributed by atoms with Gasteiger partial charge in [-0.3, -0.25) is 0 Å². The van der Waals surface area contributed by atoms with Crippen LogP contribution in [0, 0.1) is 6.92 Å². The van der Waals surface area contributed by atoms with Crippen molar-refractivity contribution in [2.45, 2.75) is 40.0 Å². The smallest absolute Gasteiger partial charge is 0.132 e. The minimum Gasteiger partial charge on any atom is -0.359 e. The van der Waals surface area contributed by atoms with Crippen LogP contribution in [0.4, 0.5) is 5.82 Å². The largest absolute Gasteiger partial charge is 0.359 e. The molecular weight excluding hydrogens is 232 g/mol. The molecule has 1 aromatic heterocycles. The van der Waals surface area contributed by atoms with Crippen LogP contribution in [0.15, 0.2) is 24.3 Å². The van der Waals surface area contributed by atoms with Crippen LogP contribution in [0.5, 0.6) is 0 Å². The summed E-state index contributed by atoms with van der Waals surface area (Å²) in [7, 11) is 2.15. The number of hydrogen-bond acceptors (Lipinski definition) is 2. The van der Waals surface area contributed by atoms with Crippen molar-refractivity contribution in [2.75, 3.05) is 18.5 Å². The number of nitrogens with zero attached hydrogens (tertiary/aromatic N) is 2. The van der Waals surface area contributed by atoms with E-state index in [0.29, 0.717) is 0 Å². The van der Waals surface area contributed by atoms with Crippen molar-refractivity contribution in [2.24, 2.45) is 0 Å². The van der Waals surface area contributed by atoms with E-state index in [-0.39, 0.29) is 0 Å². The van der Waals surface area contributed by atoms with Crippen LogP contribution in [0.1, 0.15) is 37.8 Å². The molecule has 2 nitrogen and oxygen atoms in total. The van der Waals surface area contributed by atoms with E-state index in [1.807, 2.05) is 0 Å². The topological polar surface area (TPSA) is 16.1 Å². The zero-order valence-electron chi connectivity index (χ0n) is 12.5. The molecule has 0 aliphatic heterocycles. The van der Waals surface area contributed by atoms with Gasteiger partial charge >= 0.3 is 0 Å². The zero-order valence-corrected chi connectivity index (χ0v) is 12.5. The average Bonchev–Trinajstić information content (AvgIpc) is 2.39. The van der Waals surface area contributed by atoms with Gasteiger partial charge in [0.1, 0.15) is 5.82 Å². The van der Waals surface area contributed by atoms with Crippen molar-refractivity contribution < 1.29 is 0 Å². The van der Waals surface area contributed by atoms with Crippen LogP contribution in [-0.4, -0.2) is 18.6 Å². The fraction of sp³-hybridized carbons (Fsp3) is 0.471. The average molecular weight is 256 g/mol. The van der Waals surface area contributed by atoms with Crippen LogP contribution in [0.3, 0.4) is 0 Å². The molecule has 0 radical (unpaired) electrons. The predicted octanol–water partition coefficient (Wildman–Crippen LogP) is 4.34. The maximum atomic E-state index is 4.94. The first-order chi connectivity index (χ1) is 9.17. The van der Waals surface area contributed by atoms with E-state index in [1.165, 1.54) is 16.5 Å². The molecule has 0 spiro atoms. The first-order valence-corrected chi connectivity index (χ1v) is 7.27. The number of pyridine rings is 1. The number of hydrogen-bond donors (Lipinski definition) is 0. The molecular formula is C17H24N2. The minimum absolute atomic E-state index is 1.06. The molecule has 1 aromatic carbocycles. The lowest BCUT2D eigenvalue weighted by Gasteiger charge is -2.21. The van der Waals surface area contributed by atoms with E-state index < -0.39 is 0 Å². The third kappa shape index (κ3) is 2.89. The molecule has 102 valence electrons. The molecule has 1 heterocycles. The molecule has 0 fully saturated rings.